The summed E-state index contributed by atoms with van der Waals surface area (Å²) in [5, 5.41) is 4.08. The Morgan fingerprint density at radius 2 is 2.13 bits per heavy atom. The second-order valence-corrected chi connectivity index (χ2v) is 5.79. The van der Waals surface area contributed by atoms with Crippen LogP contribution in [0.3, 0.4) is 0 Å². The molecule has 0 aromatic carbocycles. The molecule has 0 unspecified atom stereocenters. The topological polar surface area (TPSA) is 52.0 Å². The minimum absolute atomic E-state index is 0.0469. The molecule has 0 spiro atoms. The van der Waals surface area contributed by atoms with Gasteiger partial charge in [-0.2, -0.15) is 0 Å². The van der Waals surface area contributed by atoms with E-state index < -0.39 is 0 Å². The highest BCUT2D eigenvalue weighted by Crippen LogP contribution is 2.36. The van der Waals surface area contributed by atoms with Gasteiger partial charge in [0.05, 0.1) is 5.69 Å². The average Bonchev–Trinajstić information content (AvgIpc) is 2.66. The lowest BCUT2D eigenvalue weighted by Gasteiger charge is -2.12. The summed E-state index contributed by atoms with van der Waals surface area (Å²) in [6.45, 7) is 6.38. The zero-order valence-corrected chi connectivity index (χ0v) is 9.84. The Morgan fingerprint density at radius 3 is 2.60 bits per heavy atom. The van der Waals surface area contributed by atoms with Crippen molar-refractivity contribution < 1.29 is 4.52 Å². The number of aryl methyl sites for hydroxylation is 1. The van der Waals surface area contributed by atoms with Crippen LogP contribution in [0.15, 0.2) is 10.6 Å². The summed E-state index contributed by atoms with van der Waals surface area (Å²) in [6.07, 6.45) is 4.30. The van der Waals surface area contributed by atoms with Crippen LogP contribution in [0.25, 0.3) is 0 Å². The van der Waals surface area contributed by atoms with E-state index >= 15 is 0 Å². The van der Waals surface area contributed by atoms with Crippen molar-refractivity contribution in [3.63, 3.8) is 0 Å². The number of rotatable bonds is 3. The molecule has 2 N–H and O–H groups in total. The van der Waals surface area contributed by atoms with Crippen LogP contribution < -0.4 is 5.73 Å². The Balaban J connectivity index is 1.95. The monoisotopic (exact) mass is 208 g/mol. The predicted octanol–water partition coefficient (Wildman–Crippen LogP) is 2.40. The first-order chi connectivity index (χ1) is 6.89. The second kappa shape index (κ2) is 3.34. The first kappa shape index (κ1) is 10.7. The van der Waals surface area contributed by atoms with E-state index in [0.29, 0.717) is 0 Å². The number of hydrogen-bond acceptors (Lipinski definition) is 3. The summed E-state index contributed by atoms with van der Waals surface area (Å²) < 4.78 is 5.32. The van der Waals surface area contributed by atoms with Crippen LogP contribution in [-0.4, -0.2) is 10.7 Å². The Bertz CT molecular complexity index is 345. The van der Waals surface area contributed by atoms with Gasteiger partial charge >= 0.3 is 0 Å². The molecule has 0 atom stereocenters. The van der Waals surface area contributed by atoms with Crippen molar-refractivity contribution in [2.75, 3.05) is 0 Å². The van der Waals surface area contributed by atoms with E-state index in [2.05, 4.69) is 32.0 Å². The highest BCUT2D eigenvalue weighted by Gasteiger charge is 2.37. The number of nitrogens with zero attached hydrogens (tertiary/aromatic N) is 1. The number of aromatic nitrogens is 1. The summed E-state index contributed by atoms with van der Waals surface area (Å²) in [6, 6.07) is 2.06. The lowest BCUT2D eigenvalue weighted by molar-refractivity contribution is 0.325. The molecule has 1 aromatic heterocycles. The van der Waals surface area contributed by atoms with E-state index in [1.807, 2.05) is 0 Å². The molecule has 3 heteroatoms. The van der Waals surface area contributed by atoms with Gasteiger partial charge in [0, 0.05) is 17.0 Å². The zero-order valence-electron chi connectivity index (χ0n) is 9.84. The van der Waals surface area contributed by atoms with Crippen molar-refractivity contribution in [1.29, 1.82) is 0 Å². The lowest BCUT2D eigenvalue weighted by Crippen LogP contribution is -2.22. The molecule has 2 rings (SSSR count). The predicted molar refractivity (Wildman–Crippen MR) is 59.7 cm³/mol. The standard InChI is InChI=1S/C12H20N2O/c1-11(2,3)10-8-9(14-15-10)4-5-12(13)6-7-12/h8H,4-7,13H2,1-3H3. The Kier molecular flexibility index (Phi) is 2.38. The van der Waals surface area contributed by atoms with Gasteiger partial charge in [-0.3, -0.25) is 0 Å². The van der Waals surface area contributed by atoms with Gasteiger partial charge in [-0.05, 0) is 25.7 Å². The summed E-state index contributed by atoms with van der Waals surface area (Å²) in [5.74, 6) is 0.958. The third kappa shape index (κ3) is 2.59. The molecule has 1 aliphatic rings. The van der Waals surface area contributed by atoms with Gasteiger partial charge in [-0.15, -0.1) is 0 Å². The van der Waals surface area contributed by atoms with Crippen molar-refractivity contribution in [2.24, 2.45) is 5.73 Å². The Morgan fingerprint density at radius 1 is 1.47 bits per heavy atom. The van der Waals surface area contributed by atoms with Crippen molar-refractivity contribution in [1.82, 2.24) is 5.16 Å². The molecule has 3 nitrogen and oxygen atoms in total. The molecule has 15 heavy (non-hydrogen) atoms. The number of nitrogens with two attached hydrogens (primary N) is 1. The molecule has 0 bridgehead atoms. The van der Waals surface area contributed by atoms with E-state index in [1.54, 1.807) is 0 Å². The molecular weight excluding hydrogens is 188 g/mol. The van der Waals surface area contributed by atoms with Crippen molar-refractivity contribution in [3.05, 3.63) is 17.5 Å². The van der Waals surface area contributed by atoms with E-state index in [-0.39, 0.29) is 11.0 Å². The molecule has 1 heterocycles. The van der Waals surface area contributed by atoms with Crippen LogP contribution in [0.4, 0.5) is 0 Å². The third-order valence-electron chi connectivity index (χ3n) is 3.07. The van der Waals surface area contributed by atoms with Crippen LogP contribution in [0, 0.1) is 0 Å². The summed E-state index contributed by atoms with van der Waals surface area (Å²) in [5.41, 5.74) is 7.23. The summed E-state index contributed by atoms with van der Waals surface area (Å²) >= 11 is 0. The minimum Gasteiger partial charge on any atom is -0.361 e. The van der Waals surface area contributed by atoms with Crippen LogP contribution in [0.1, 0.15) is 51.5 Å². The van der Waals surface area contributed by atoms with Crippen LogP contribution in [0.5, 0.6) is 0 Å². The van der Waals surface area contributed by atoms with Gasteiger partial charge in [-0.1, -0.05) is 25.9 Å². The van der Waals surface area contributed by atoms with Crippen molar-refractivity contribution >= 4 is 0 Å². The van der Waals surface area contributed by atoms with Gasteiger partial charge in [0.25, 0.3) is 0 Å². The van der Waals surface area contributed by atoms with Gasteiger partial charge < -0.3 is 10.3 Å². The smallest absolute Gasteiger partial charge is 0.142 e. The lowest BCUT2D eigenvalue weighted by atomic mass is 9.93. The molecule has 0 aliphatic heterocycles. The second-order valence-electron chi connectivity index (χ2n) is 5.79. The van der Waals surface area contributed by atoms with Crippen LogP contribution >= 0.6 is 0 Å². The number of hydrogen-bond donors (Lipinski definition) is 1. The first-order valence-corrected chi connectivity index (χ1v) is 5.64. The fourth-order valence-corrected chi connectivity index (χ4v) is 1.57. The maximum absolute atomic E-state index is 6.03. The first-order valence-electron chi connectivity index (χ1n) is 5.64. The molecule has 0 amide bonds. The fraction of sp³-hybridized carbons (Fsp3) is 0.750. The van der Waals surface area contributed by atoms with Gasteiger partial charge in [0.2, 0.25) is 0 Å². The highest BCUT2D eigenvalue weighted by atomic mass is 16.5. The molecule has 0 saturated heterocycles. The van der Waals surface area contributed by atoms with Crippen molar-refractivity contribution in [3.8, 4) is 0 Å². The van der Waals surface area contributed by atoms with E-state index in [1.165, 1.54) is 0 Å². The van der Waals surface area contributed by atoms with E-state index in [9.17, 15) is 0 Å². The average molecular weight is 208 g/mol. The summed E-state index contributed by atoms with van der Waals surface area (Å²) in [7, 11) is 0. The van der Waals surface area contributed by atoms with Crippen LogP contribution in [-0.2, 0) is 11.8 Å². The molecule has 0 radical (unpaired) electrons. The molecule has 1 aliphatic carbocycles. The normalized spacial score (nSPS) is 19.2. The highest BCUT2D eigenvalue weighted by molar-refractivity contribution is 5.14. The Hall–Kier alpha value is -0.830. The van der Waals surface area contributed by atoms with E-state index in [4.69, 9.17) is 10.3 Å². The zero-order chi connectivity index (χ0) is 11.1. The summed E-state index contributed by atoms with van der Waals surface area (Å²) in [4.78, 5) is 0. The molecular formula is C12H20N2O. The fourth-order valence-electron chi connectivity index (χ4n) is 1.57. The van der Waals surface area contributed by atoms with Gasteiger partial charge in [-0.25, -0.2) is 0 Å². The molecule has 84 valence electrons. The van der Waals surface area contributed by atoms with E-state index in [0.717, 1.165) is 37.1 Å². The SMILES string of the molecule is CC(C)(C)c1cc(CCC2(N)CC2)no1. The minimum atomic E-state index is 0.0469. The Labute approximate surface area is 91.0 Å². The van der Waals surface area contributed by atoms with Crippen LogP contribution in [0.2, 0.25) is 0 Å². The van der Waals surface area contributed by atoms with Gasteiger partial charge in [0.1, 0.15) is 5.76 Å². The van der Waals surface area contributed by atoms with Crippen molar-refractivity contribution in [2.45, 2.75) is 57.4 Å². The molecule has 1 aromatic rings. The third-order valence-corrected chi connectivity index (χ3v) is 3.07. The maximum atomic E-state index is 6.03. The largest absolute Gasteiger partial charge is 0.361 e. The molecule has 1 fully saturated rings. The quantitative estimate of drug-likeness (QED) is 0.829. The maximum Gasteiger partial charge on any atom is 0.142 e. The van der Waals surface area contributed by atoms with Gasteiger partial charge in [0.15, 0.2) is 0 Å². The molecule has 1 saturated carbocycles.